The number of ether oxygens (including phenoxy) is 2. The number of rotatable bonds is 4. The molecule has 0 spiro atoms. The van der Waals surface area contributed by atoms with E-state index in [0.717, 1.165) is 12.7 Å². The smallest absolute Gasteiger partial charge is 0.407 e. The van der Waals surface area contributed by atoms with Crippen LogP contribution in [0, 0.1) is 0 Å². The van der Waals surface area contributed by atoms with Crippen molar-refractivity contribution in [2.45, 2.75) is 32.9 Å². The second kappa shape index (κ2) is 6.74. The van der Waals surface area contributed by atoms with Crippen LogP contribution in [-0.2, 0) is 20.8 Å². The molecule has 2 N–H and O–H groups in total. The second-order valence-corrected chi connectivity index (χ2v) is 6.22. The Hall–Kier alpha value is -2.83. The number of alkyl carbamates (subject to hydrolysis) is 1. The highest BCUT2D eigenvalue weighted by atomic mass is 16.6. The number of carbonyl (C=O) groups is 3. The van der Waals surface area contributed by atoms with Crippen molar-refractivity contribution in [1.29, 1.82) is 0 Å². The van der Waals surface area contributed by atoms with Gasteiger partial charge in [-0.3, -0.25) is 4.79 Å². The molecular weight excluding hydrogens is 312 g/mol. The highest BCUT2D eigenvalue weighted by Gasteiger charge is 2.21. The van der Waals surface area contributed by atoms with Gasteiger partial charge in [-0.1, -0.05) is 18.2 Å². The number of ketones is 1. The summed E-state index contributed by atoms with van der Waals surface area (Å²) < 4.78 is 9.65. The van der Waals surface area contributed by atoms with Crippen molar-refractivity contribution in [2.24, 2.45) is 0 Å². The maximum atomic E-state index is 12.0. The number of nitrogens with one attached hydrogen (secondary N) is 2. The number of esters is 1. The average Bonchev–Trinajstić information content (AvgIpc) is 2.94. The van der Waals surface area contributed by atoms with E-state index in [1.54, 1.807) is 32.9 Å². The summed E-state index contributed by atoms with van der Waals surface area (Å²) in [6.07, 6.45) is 0.929. The zero-order valence-corrected chi connectivity index (χ0v) is 14.1. The molecule has 7 nitrogen and oxygen atoms in total. The van der Waals surface area contributed by atoms with Gasteiger partial charge in [-0.25, -0.2) is 9.59 Å². The zero-order chi connectivity index (χ0) is 17.9. The van der Waals surface area contributed by atoms with Gasteiger partial charge < -0.3 is 19.8 Å². The normalized spacial score (nSPS) is 11.2. The SMILES string of the molecule is COC(=O)C(=O)c1c[nH]c2c(CNC(=O)OC(C)(C)C)cccc12. The van der Waals surface area contributed by atoms with Crippen LogP contribution in [0.3, 0.4) is 0 Å². The van der Waals surface area contributed by atoms with Crippen molar-refractivity contribution < 1.29 is 23.9 Å². The minimum absolute atomic E-state index is 0.221. The van der Waals surface area contributed by atoms with E-state index in [2.05, 4.69) is 15.0 Å². The number of aromatic amines is 1. The van der Waals surface area contributed by atoms with Crippen molar-refractivity contribution in [1.82, 2.24) is 10.3 Å². The Kier molecular flexibility index (Phi) is 4.92. The molecule has 0 saturated heterocycles. The standard InChI is InChI=1S/C17H20N2O5/c1-17(2,3)24-16(22)19-8-10-6-5-7-11-12(9-18-13(10)11)14(20)15(21)23-4/h5-7,9,18H,8H2,1-4H3,(H,19,22). The number of benzene rings is 1. The van der Waals surface area contributed by atoms with Gasteiger partial charge in [0, 0.05) is 18.1 Å². The summed E-state index contributed by atoms with van der Waals surface area (Å²) in [4.78, 5) is 38.1. The number of hydrogen-bond acceptors (Lipinski definition) is 5. The number of carbonyl (C=O) groups excluding carboxylic acids is 3. The molecule has 1 aromatic carbocycles. The molecule has 24 heavy (non-hydrogen) atoms. The average molecular weight is 332 g/mol. The van der Waals surface area contributed by atoms with Gasteiger partial charge in [0.2, 0.25) is 0 Å². The Labute approximate surface area is 139 Å². The third-order valence-electron chi connectivity index (χ3n) is 3.24. The lowest BCUT2D eigenvalue weighted by Crippen LogP contribution is -2.32. The van der Waals surface area contributed by atoms with Gasteiger partial charge >= 0.3 is 12.1 Å². The first-order chi connectivity index (χ1) is 11.2. The van der Waals surface area contributed by atoms with E-state index in [1.165, 1.54) is 6.20 Å². The number of amides is 1. The molecule has 2 aromatic rings. The number of H-pyrrole nitrogens is 1. The molecule has 0 aliphatic carbocycles. The molecule has 0 atom stereocenters. The Balaban J connectivity index is 2.21. The van der Waals surface area contributed by atoms with Crippen LogP contribution in [0.25, 0.3) is 10.9 Å². The van der Waals surface area contributed by atoms with Crippen molar-refractivity contribution in [3.05, 3.63) is 35.5 Å². The highest BCUT2D eigenvalue weighted by molar-refractivity contribution is 6.43. The van der Waals surface area contributed by atoms with Gasteiger partial charge in [-0.05, 0) is 26.3 Å². The van der Waals surface area contributed by atoms with Crippen LogP contribution >= 0.6 is 0 Å². The quantitative estimate of drug-likeness (QED) is 0.509. The minimum atomic E-state index is -0.923. The summed E-state index contributed by atoms with van der Waals surface area (Å²) in [7, 11) is 1.16. The van der Waals surface area contributed by atoms with Crippen molar-refractivity contribution in [2.75, 3.05) is 7.11 Å². The molecule has 1 aromatic heterocycles. The molecule has 0 bridgehead atoms. The lowest BCUT2D eigenvalue weighted by molar-refractivity contribution is -0.135. The number of aromatic nitrogens is 1. The molecule has 0 fully saturated rings. The molecule has 0 aliphatic heterocycles. The van der Waals surface area contributed by atoms with E-state index < -0.39 is 23.4 Å². The number of Topliss-reactive ketones (excluding diaryl/α,β-unsaturated/α-hetero) is 1. The van der Waals surface area contributed by atoms with E-state index >= 15 is 0 Å². The van der Waals surface area contributed by atoms with Gasteiger partial charge in [-0.2, -0.15) is 0 Å². The molecule has 1 heterocycles. The Bertz CT molecular complexity index is 786. The first kappa shape index (κ1) is 17.5. The van der Waals surface area contributed by atoms with Gasteiger partial charge in [-0.15, -0.1) is 0 Å². The summed E-state index contributed by atoms with van der Waals surface area (Å²) in [5.74, 6) is -1.64. The number of methoxy groups -OCH3 is 1. The third kappa shape index (κ3) is 3.92. The van der Waals surface area contributed by atoms with Crippen molar-refractivity contribution in [3.8, 4) is 0 Å². The number of fused-ring (bicyclic) bond motifs is 1. The maximum absolute atomic E-state index is 12.0. The summed E-state index contributed by atoms with van der Waals surface area (Å²) in [6.45, 7) is 5.56. The molecule has 0 aliphatic rings. The number of para-hydroxylation sites is 1. The molecule has 2 rings (SSSR count). The van der Waals surface area contributed by atoms with Gasteiger partial charge in [0.05, 0.1) is 18.2 Å². The van der Waals surface area contributed by atoms with Gasteiger partial charge in [0.15, 0.2) is 0 Å². The van der Waals surface area contributed by atoms with Crippen LogP contribution in [0.15, 0.2) is 24.4 Å². The van der Waals surface area contributed by atoms with Crippen LogP contribution in [0.1, 0.15) is 36.7 Å². The van der Waals surface area contributed by atoms with Crippen LogP contribution in [-0.4, -0.2) is 35.5 Å². The van der Waals surface area contributed by atoms with Crippen LogP contribution in [0.2, 0.25) is 0 Å². The van der Waals surface area contributed by atoms with E-state index in [4.69, 9.17) is 4.74 Å². The van der Waals surface area contributed by atoms with Crippen LogP contribution < -0.4 is 5.32 Å². The van der Waals surface area contributed by atoms with E-state index in [-0.39, 0.29) is 12.1 Å². The van der Waals surface area contributed by atoms with E-state index in [0.29, 0.717) is 10.9 Å². The van der Waals surface area contributed by atoms with Crippen LogP contribution in [0.5, 0.6) is 0 Å². The molecule has 0 unspecified atom stereocenters. The molecule has 128 valence electrons. The highest BCUT2D eigenvalue weighted by Crippen LogP contribution is 2.22. The summed E-state index contributed by atoms with van der Waals surface area (Å²) >= 11 is 0. The largest absolute Gasteiger partial charge is 0.463 e. The number of hydrogen-bond donors (Lipinski definition) is 2. The Morgan fingerprint density at radius 3 is 2.54 bits per heavy atom. The van der Waals surface area contributed by atoms with Gasteiger partial charge in [0.1, 0.15) is 5.60 Å². The molecular formula is C17H20N2O5. The van der Waals surface area contributed by atoms with Crippen molar-refractivity contribution in [3.63, 3.8) is 0 Å². The second-order valence-electron chi connectivity index (χ2n) is 6.22. The predicted molar refractivity (Wildman–Crippen MR) is 87.7 cm³/mol. The lowest BCUT2D eigenvalue weighted by atomic mass is 10.1. The Morgan fingerprint density at radius 1 is 1.21 bits per heavy atom. The minimum Gasteiger partial charge on any atom is -0.463 e. The lowest BCUT2D eigenvalue weighted by Gasteiger charge is -2.19. The summed E-state index contributed by atoms with van der Waals surface area (Å²) in [5, 5.41) is 3.25. The summed E-state index contributed by atoms with van der Waals surface area (Å²) in [6, 6.07) is 5.28. The fraction of sp³-hybridized carbons (Fsp3) is 0.353. The van der Waals surface area contributed by atoms with Crippen molar-refractivity contribution >= 4 is 28.7 Å². The third-order valence-corrected chi connectivity index (χ3v) is 3.24. The first-order valence-electron chi connectivity index (χ1n) is 7.41. The topological polar surface area (TPSA) is 97.5 Å². The fourth-order valence-corrected chi connectivity index (χ4v) is 2.24. The fourth-order valence-electron chi connectivity index (χ4n) is 2.24. The zero-order valence-electron chi connectivity index (χ0n) is 14.1. The molecule has 0 radical (unpaired) electrons. The first-order valence-corrected chi connectivity index (χ1v) is 7.41. The van der Waals surface area contributed by atoms with E-state index in [9.17, 15) is 14.4 Å². The predicted octanol–water partition coefficient (Wildman–Crippen LogP) is 2.55. The Morgan fingerprint density at radius 2 is 1.92 bits per heavy atom. The van der Waals surface area contributed by atoms with E-state index in [1.807, 2.05) is 6.07 Å². The molecule has 1 amide bonds. The van der Waals surface area contributed by atoms with Crippen LogP contribution in [0.4, 0.5) is 4.79 Å². The molecule has 7 heteroatoms. The van der Waals surface area contributed by atoms with Gasteiger partial charge in [0.25, 0.3) is 5.78 Å². The monoisotopic (exact) mass is 332 g/mol. The molecule has 0 saturated carbocycles. The summed E-state index contributed by atoms with van der Waals surface area (Å²) in [5.41, 5.74) is 1.09. The maximum Gasteiger partial charge on any atom is 0.407 e.